The Morgan fingerprint density at radius 2 is 1.91 bits per heavy atom. The number of carbonyl (C=O) groups is 2. The van der Waals surface area contributed by atoms with Crippen LogP contribution in [0.1, 0.15) is 72.9 Å². The molecule has 9 heteroatoms. The second-order valence-corrected chi connectivity index (χ2v) is 10.2. The monoisotopic (exact) mass is 450 g/mol. The number of likely N-dealkylation sites (tertiary alicyclic amines) is 1. The largest absolute Gasteiger partial charge is 0.360 e. The number of piperidine rings is 1. The minimum Gasteiger partial charge on any atom is -0.360 e. The minimum atomic E-state index is -0.475. The van der Waals surface area contributed by atoms with E-state index < -0.39 is 5.54 Å². The van der Waals surface area contributed by atoms with Crippen LogP contribution in [0.3, 0.4) is 0 Å². The molecule has 3 saturated carbocycles. The molecule has 4 fully saturated rings. The fraction of sp³-hybridized carbons (Fsp3) is 0.625. The zero-order valence-corrected chi connectivity index (χ0v) is 18.7. The molecule has 6 rings (SSSR count). The number of aromatic nitrogens is 3. The lowest BCUT2D eigenvalue weighted by Gasteiger charge is -2.38. The van der Waals surface area contributed by atoms with Crippen LogP contribution >= 0.6 is 0 Å². The number of amides is 2. The highest BCUT2D eigenvalue weighted by Crippen LogP contribution is 2.44. The molecule has 0 radical (unpaired) electrons. The Balaban J connectivity index is 1.16. The summed E-state index contributed by atoms with van der Waals surface area (Å²) in [6.45, 7) is 2.56. The van der Waals surface area contributed by atoms with E-state index >= 15 is 0 Å². The Morgan fingerprint density at radius 1 is 1.12 bits per heavy atom. The van der Waals surface area contributed by atoms with E-state index in [-0.39, 0.29) is 23.8 Å². The summed E-state index contributed by atoms with van der Waals surface area (Å²) < 4.78 is 5.35. The van der Waals surface area contributed by atoms with Crippen molar-refractivity contribution < 1.29 is 14.1 Å². The summed E-state index contributed by atoms with van der Waals surface area (Å²) in [4.78, 5) is 37.6. The van der Waals surface area contributed by atoms with Gasteiger partial charge in [0.1, 0.15) is 5.76 Å². The van der Waals surface area contributed by atoms with E-state index in [1.54, 1.807) is 24.5 Å². The van der Waals surface area contributed by atoms with Crippen LogP contribution in [0.25, 0.3) is 0 Å². The molecular formula is C24H30N6O3. The normalized spacial score (nSPS) is 26.5. The van der Waals surface area contributed by atoms with Crippen molar-refractivity contribution >= 4 is 11.8 Å². The van der Waals surface area contributed by atoms with E-state index in [0.717, 1.165) is 56.9 Å². The summed E-state index contributed by atoms with van der Waals surface area (Å²) in [5.74, 6) is 1.96. The Labute approximate surface area is 192 Å². The molecule has 1 saturated heterocycles. The van der Waals surface area contributed by atoms with Crippen molar-refractivity contribution in [3.05, 3.63) is 41.8 Å². The molecule has 0 aromatic carbocycles. The Bertz CT molecular complexity index is 1030. The van der Waals surface area contributed by atoms with Gasteiger partial charge >= 0.3 is 0 Å². The third-order valence-electron chi connectivity index (χ3n) is 7.41. The van der Waals surface area contributed by atoms with Crippen LogP contribution in [0.2, 0.25) is 0 Å². The van der Waals surface area contributed by atoms with E-state index in [9.17, 15) is 9.59 Å². The average molecular weight is 451 g/mol. The molecule has 2 aromatic rings. The standard InChI is InChI=1S/C24H30N6O3/c31-21(28-24(7-8-24)23-25-9-1-10-26-23)17-14-30(13-15-2-3-15)11-6-18(17)27-22(32)19-12-20(33-29-19)16-4-5-16/h1,9-10,12,15-18H,2-8,11,13-14H2,(H,27,32)(H,28,31). The molecule has 0 bridgehead atoms. The first kappa shape index (κ1) is 20.8. The smallest absolute Gasteiger partial charge is 0.273 e. The van der Waals surface area contributed by atoms with Crippen LogP contribution < -0.4 is 10.6 Å². The third-order valence-corrected chi connectivity index (χ3v) is 7.41. The summed E-state index contributed by atoms with van der Waals surface area (Å²) in [5.41, 5.74) is -0.176. The van der Waals surface area contributed by atoms with Crippen LogP contribution in [0.15, 0.2) is 29.0 Å². The Hall–Kier alpha value is -2.81. The topological polar surface area (TPSA) is 113 Å². The minimum absolute atomic E-state index is 0.0374. The van der Waals surface area contributed by atoms with Gasteiger partial charge in [0, 0.05) is 50.1 Å². The molecule has 2 N–H and O–H groups in total. The zero-order valence-electron chi connectivity index (χ0n) is 18.7. The lowest BCUT2D eigenvalue weighted by atomic mass is 9.90. The molecule has 0 spiro atoms. The number of nitrogens with zero attached hydrogens (tertiary/aromatic N) is 4. The average Bonchev–Trinajstić information content (AvgIpc) is 3.72. The first-order chi connectivity index (χ1) is 16.1. The number of nitrogens with one attached hydrogen (secondary N) is 2. The molecule has 2 amide bonds. The van der Waals surface area contributed by atoms with Crippen molar-refractivity contribution in [2.45, 2.75) is 62.4 Å². The number of hydrogen-bond acceptors (Lipinski definition) is 7. The molecule has 2 aromatic heterocycles. The van der Waals surface area contributed by atoms with E-state index in [1.165, 1.54) is 12.8 Å². The molecule has 33 heavy (non-hydrogen) atoms. The van der Waals surface area contributed by atoms with Crippen LogP contribution in [0.4, 0.5) is 0 Å². The lowest BCUT2D eigenvalue weighted by Crippen LogP contribution is -2.57. The highest BCUT2D eigenvalue weighted by Gasteiger charge is 2.50. The second-order valence-electron chi connectivity index (χ2n) is 10.2. The predicted octanol–water partition coefficient (Wildman–Crippen LogP) is 1.98. The highest BCUT2D eigenvalue weighted by atomic mass is 16.5. The fourth-order valence-electron chi connectivity index (χ4n) is 4.89. The highest BCUT2D eigenvalue weighted by molar-refractivity contribution is 5.93. The summed E-state index contributed by atoms with van der Waals surface area (Å²) >= 11 is 0. The van der Waals surface area contributed by atoms with Gasteiger partial charge in [0.25, 0.3) is 5.91 Å². The van der Waals surface area contributed by atoms with Crippen molar-refractivity contribution in [3.8, 4) is 0 Å². The molecule has 2 atom stereocenters. The fourth-order valence-corrected chi connectivity index (χ4v) is 4.89. The molecule has 2 unspecified atom stereocenters. The van der Waals surface area contributed by atoms with E-state index in [1.807, 2.05) is 0 Å². The number of carbonyl (C=O) groups excluding carboxylic acids is 2. The summed E-state index contributed by atoms with van der Waals surface area (Å²) in [7, 11) is 0. The van der Waals surface area contributed by atoms with Gasteiger partial charge in [-0.25, -0.2) is 9.97 Å². The van der Waals surface area contributed by atoms with Gasteiger partial charge in [-0.05, 0) is 56.9 Å². The molecular weight excluding hydrogens is 420 g/mol. The van der Waals surface area contributed by atoms with Gasteiger partial charge in [-0.2, -0.15) is 0 Å². The molecule has 3 aliphatic carbocycles. The van der Waals surface area contributed by atoms with Gasteiger partial charge in [0.15, 0.2) is 11.5 Å². The van der Waals surface area contributed by atoms with Crippen molar-refractivity contribution in [1.29, 1.82) is 0 Å². The molecule has 3 heterocycles. The predicted molar refractivity (Wildman–Crippen MR) is 118 cm³/mol. The summed E-state index contributed by atoms with van der Waals surface area (Å²) in [6, 6.07) is 3.28. The van der Waals surface area contributed by atoms with Gasteiger partial charge < -0.3 is 20.1 Å². The van der Waals surface area contributed by atoms with Gasteiger partial charge in [-0.15, -0.1) is 0 Å². The van der Waals surface area contributed by atoms with Crippen LogP contribution in [0, 0.1) is 11.8 Å². The van der Waals surface area contributed by atoms with Gasteiger partial charge in [0.05, 0.1) is 11.5 Å². The Kier molecular flexibility index (Phi) is 5.16. The van der Waals surface area contributed by atoms with E-state index in [2.05, 4.69) is 30.7 Å². The quantitative estimate of drug-likeness (QED) is 0.632. The maximum Gasteiger partial charge on any atom is 0.273 e. The van der Waals surface area contributed by atoms with Crippen LogP contribution in [-0.2, 0) is 10.3 Å². The third kappa shape index (κ3) is 4.51. The van der Waals surface area contributed by atoms with Crippen LogP contribution in [-0.4, -0.2) is 57.5 Å². The maximum atomic E-state index is 13.5. The molecule has 4 aliphatic rings. The summed E-state index contributed by atoms with van der Waals surface area (Å²) in [6.07, 6.45) is 10.6. The second kappa shape index (κ2) is 8.20. The maximum absolute atomic E-state index is 13.5. The van der Waals surface area contributed by atoms with Crippen molar-refractivity contribution in [3.63, 3.8) is 0 Å². The SMILES string of the molecule is O=C(NC1CCN(CC2CC2)CC1C(=O)NC1(c2ncccn2)CC1)c1cc(C2CC2)on1. The van der Waals surface area contributed by atoms with Crippen LogP contribution in [0.5, 0.6) is 0 Å². The zero-order chi connectivity index (χ0) is 22.4. The van der Waals surface area contributed by atoms with Gasteiger partial charge in [-0.3, -0.25) is 9.59 Å². The van der Waals surface area contributed by atoms with E-state index in [4.69, 9.17) is 4.52 Å². The molecule has 1 aliphatic heterocycles. The van der Waals surface area contributed by atoms with Gasteiger partial charge in [-0.1, -0.05) is 5.16 Å². The molecule has 174 valence electrons. The lowest BCUT2D eigenvalue weighted by molar-refractivity contribution is -0.128. The Morgan fingerprint density at radius 3 is 2.61 bits per heavy atom. The van der Waals surface area contributed by atoms with Crippen molar-refractivity contribution in [1.82, 2.24) is 30.7 Å². The van der Waals surface area contributed by atoms with Crippen molar-refractivity contribution in [2.24, 2.45) is 11.8 Å². The summed E-state index contributed by atoms with van der Waals surface area (Å²) in [5, 5.41) is 10.3. The first-order valence-electron chi connectivity index (χ1n) is 12.2. The number of rotatable bonds is 8. The van der Waals surface area contributed by atoms with Crippen molar-refractivity contribution in [2.75, 3.05) is 19.6 Å². The van der Waals surface area contributed by atoms with Gasteiger partial charge in [0.2, 0.25) is 5.91 Å². The van der Waals surface area contributed by atoms with E-state index in [0.29, 0.717) is 24.0 Å². The first-order valence-corrected chi connectivity index (χ1v) is 12.2. The number of hydrogen-bond donors (Lipinski definition) is 2. The molecule has 9 nitrogen and oxygen atoms in total.